The van der Waals surface area contributed by atoms with Gasteiger partial charge in [0.2, 0.25) is 0 Å². The summed E-state index contributed by atoms with van der Waals surface area (Å²) in [7, 11) is 1.59. The van der Waals surface area contributed by atoms with Gasteiger partial charge in [-0.2, -0.15) is 0 Å². The highest BCUT2D eigenvalue weighted by Gasteiger charge is 2.25. The third-order valence-corrected chi connectivity index (χ3v) is 3.61. The minimum absolute atomic E-state index is 0.191. The summed E-state index contributed by atoms with van der Waals surface area (Å²) in [6, 6.07) is 6.35. The molecule has 0 aliphatic rings. The molecule has 0 aliphatic carbocycles. The van der Waals surface area contributed by atoms with Gasteiger partial charge in [0.25, 0.3) is 0 Å². The van der Waals surface area contributed by atoms with E-state index in [1.807, 2.05) is 20.8 Å². The van der Waals surface area contributed by atoms with Crippen molar-refractivity contribution >= 4 is 18.8 Å². The lowest BCUT2D eigenvalue weighted by atomic mass is 10.1. The number of nitrogens with zero attached hydrogens (tertiary/aromatic N) is 1. The van der Waals surface area contributed by atoms with Crippen molar-refractivity contribution in [2.24, 2.45) is 0 Å². The zero-order chi connectivity index (χ0) is 15.3. The van der Waals surface area contributed by atoms with E-state index in [1.165, 1.54) is 4.31 Å². The highest BCUT2D eigenvalue weighted by Crippen LogP contribution is 2.20. The largest absolute Gasteiger partial charge is 0.497 e. The lowest BCUT2D eigenvalue weighted by molar-refractivity contribution is 0.187. The van der Waals surface area contributed by atoms with Gasteiger partial charge in [0.15, 0.2) is 0 Å². The molecule has 6 heteroatoms. The Bertz CT molecular complexity index is 443. The van der Waals surface area contributed by atoms with Gasteiger partial charge in [-0.1, -0.05) is 24.9 Å². The van der Waals surface area contributed by atoms with Crippen molar-refractivity contribution in [1.82, 2.24) is 9.62 Å². The summed E-state index contributed by atoms with van der Waals surface area (Å²) in [6.45, 7) is 5.44. The molecule has 0 spiro atoms. The molecule has 0 unspecified atom stereocenters. The Hall–Kier alpha value is -1.40. The van der Waals surface area contributed by atoms with Crippen molar-refractivity contribution in [1.29, 1.82) is 0 Å². The van der Waals surface area contributed by atoms with Crippen LogP contribution in [0.3, 0.4) is 0 Å². The average Bonchev–Trinajstić information content (AvgIpc) is 2.42. The summed E-state index contributed by atoms with van der Waals surface area (Å²) in [4.78, 5) is 12.1. The third-order valence-electron chi connectivity index (χ3n) is 2.83. The fourth-order valence-corrected chi connectivity index (χ4v) is 1.64. The number of hydrogen-bond donors (Lipinski definition) is 3. The molecule has 112 valence electrons. The number of nitrogens with one attached hydrogen (secondary N) is 1. The van der Waals surface area contributed by atoms with Crippen molar-refractivity contribution in [3.05, 3.63) is 29.8 Å². The summed E-state index contributed by atoms with van der Waals surface area (Å²) in [5.74, 6) is 0.724. The van der Waals surface area contributed by atoms with Crippen LogP contribution in [0, 0.1) is 0 Å². The fourth-order valence-electron chi connectivity index (χ4n) is 1.59. The molecule has 0 heterocycles. The van der Waals surface area contributed by atoms with Crippen LogP contribution in [0.4, 0.5) is 4.79 Å². The standard InChI is InChI=1S/C14H22N2O3S/c1-14(2,3)16(20)13(18)15-12(9-17)10-5-7-11(19-4)8-6-10/h5-8,12,17,20H,9H2,1-4H3,(H,15,18)/t12-/m0/s1. The zero-order valence-corrected chi connectivity index (χ0v) is 13.1. The molecule has 0 aliphatic heterocycles. The second kappa shape index (κ2) is 6.85. The number of methoxy groups -OCH3 is 1. The zero-order valence-electron chi connectivity index (χ0n) is 12.3. The van der Waals surface area contributed by atoms with Crippen LogP contribution in [0.5, 0.6) is 5.75 Å². The van der Waals surface area contributed by atoms with E-state index in [2.05, 4.69) is 18.1 Å². The molecule has 0 saturated carbocycles. The Morgan fingerprint density at radius 3 is 2.35 bits per heavy atom. The van der Waals surface area contributed by atoms with E-state index < -0.39 is 11.6 Å². The van der Waals surface area contributed by atoms with Gasteiger partial charge in [-0.25, -0.2) is 4.79 Å². The molecule has 1 aromatic rings. The molecular formula is C14H22N2O3S. The number of hydrogen-bond acceptors (Lipinski definition) is 4. The van der Waals surface area contributed by atoms with E-state index in [0.717, 1.165) is 11.3 Å². The maximum absolute atomic E-state index is 12.1. The Labute approximate surface area is 125 Å². The van der Waals surface area contributed by atoms with Gasteiger partial charge in [0.1, 0.15) is 5.75 Å². The number of ether oxygens (including phenoxy) is 1. The molecule has 5 nitrogen and oxygen atoms in total. The molecule has 0 radical (unpaired) electrons. The summed E-state index contributed by atoms with van der Waals surface area (Å²) >= 11 is 4.18. The highest BCUT2D eigenvalue weighted by atomic mass is 32.1. The second-order valence-electron chi connectivity index (χ2n) is 5.44. The van der Waals surface area contributed by atoms with Gasteiger partial charge >= 0.3 is 6.03 Å². The number of aliphatic hydroxyl groups excluding tert-OH is 1. The lowest BCUT2D eigenvalue weighted by Gasteiger charge is -2.31. The SMILES string of the molecule is COc1ccc([C@H](CO)NC(=O)N(S)C(C)(C)C)cc1. The molecule has 0 fully saturated rings. The van der Waals surface area contributed by atoms with Crippen LogP contribution in [0.15, 0.2) is 24.3 Å². The first-order valence-corrected chi connectivity index (χ1v) is 6.74. The first-order valence-electron chi connectivity index (χ1n) is 6.34. The smallest absolute Gasteiger partial charge is 0.328 e. The summed E-state index contributed by atoms with van der Waals surface area (Å²) in [5.41, 5.74) is 0.393. The van der Waals surface area contributed by atoms with Gasteiger partial charge in [0.05, 0.1) is 19.8 Å². The number of amides is 2. The molecule has 20 heavy (non-hydrogen) atoms. The molecular weight excluding hydrogens is 276 g/mol. The molecule has 1 rings (SSSR count). The number of carbonyl (C=O) groups excluding carboxylic acids is 1. The minimum atomic E-state index is -0.481. The number of urea groups is 1. The molecule has 1 aromatic carbocycles. The first kappa shape index (κ1) is 16.7. The summed E-state index contributed by atoms with van der Waals surface area (Å²) < 4.78 is 6.38. The van der Waals surface area contributed by atoms with Gasteiger partial charge in [-0.15, -0.1) is 0 Å². The van der Waals surface area contributed by atoms with Crippen LogP contribution in [-0.2, 0) is 0 Å². The topological polar surface area (TPSA) is 61.8 Å². The van der Waals surface area contributed by atoms with Crippen molar-refractivity contribution in [3.63, 3.8) is 0 Å². The van der Waals surface area contributed by atoms with Crippen LogP contribution in [0.1, 0.15) is 32.4 Å². The molecule has 0 aromatic heterocycles. The van der Waals surface area contributed by atoms with Crippen molar-refractivity contribution < 1.29 is 14.6 Å². The van der Waals surface area contributed by atoms with E-state index >= 15 is 0 Å². The monoisotopic (exact) mass is 298 g/mol. The molecule has 0 saturated heterocycles. The van der Waals surface area contributed by atoms with Crippen LogP contribution < -0.4 is 10.1 Å². The maximum Gasteiger partial charge on any atom is 0.328 e. The van der Waals surface area contributed by atoms with E-state index in [-0.39, 0.29) is 12.6 Å². The quantitative estimate of drug-likeness (QED) is 0.748. The highest BCUT2D eigenvalue weighted by molar-refractivity contribution is 7.78. The lowest BCUT2D eigenvalue weighted by Crippen LogP contribution is -2.46. The van der Waals surface area contributed by atoms with Crippen LogP contribution in [0.2, 0.25) is 0 Å². The third kappa shape index (κ3) is 4.31. The van der Waals surface area contributed by atoms with Crippen molar-refractivity contribution in [2.45, 2.75) is 32.4 Å². The Kier molecular flexibility index (Phi) is 5.71. The van der Waals surface area contributed by atoms with Gasteiger partial charge in [0, 0.05) is 5.54 Å². The predicted molar refractivity (Wildman–Crippen MR) is 81.9 cm³/mol. The molecule has 2 N–H and O–H groups in total. The number of thiol groups is 1. The minimum Gasteiger partial charge on any atom is -0.497 e. The van der Waals surface area contributed by atoms with E-state index in [9.17, 15) is 9.90 Å². The van der Waals surface area contributed by atoms with Crippen LogP contribution >= 0.6 is 12.8 Å². The average molecular weight is 298 g/mol. The van der Waals surface area contributed by atoms with E-state index in [0.29, 0.717) is 0 Å². The second-order valence-corrected chi connectivity index (χ2v) is 5.84. The number of carbonyl (C=O) groups is 1. The molecule has 0 bridgehead atoms. The normalized spacial score (nSPS) is 12.7. The predicted octanol–water partition coefficient (Wildman–Crippen LogP) is 2.38. The van der Waals surface area contributed by atoms with E-state index in [4.69, 9.17) is 4.74 Å². The molecule has 1 atom stereocenters. The fraction of sp³-hybridized carbons (Fsp3) is 0.500. The summed E-state index contributed by atoms with van der Waals surface area (Å²) in [5, 5.41) is 12.2. The van der Waals surface area contributed by atoms with Gasteiger partial charge in [-0.3, -0.25) is 4.31 Å². The van der Waals surface area contributed by atoms with Gasteiger partial charge < -0.3 is 15.2 Å². The number of aliphatic hydroxyl groups is 1. The Morgan fingerprint density at radius 1 is 1.40 bits per heavy atom. The Morgan fingerprint density at radius 2 is 1.95 bits per heavy atom. The van der Waals surface area contributed by atoms with Crippen LogP contribution in [-0.4, -0.2) is 34.7 Å². The maximum atomic E-state index is 12.1. The van der Waals surface area contributed by atoms with E-state index in [1.54, 1.807) is 31.4 Å². The first-order chi connectivity index (χ1) is 9.29. The molecule has 2 amide bonds. The van der Waals surface area contributed by atoms with Crippen LogP contribution in [0.25, 0.3) is 0 Å². The van der Waals surface area contributed by atoms with Crippen molar-refractivity contribution in [3.8, 4) is 5.75 Å². The van der Waals surface area contributed by atoms with Crippen molar-refractivity contribution in [2.75, 3.05) is 13.7 Å². The number of rotatable bonds is 4. The summed E-state index contributed by atoms with van der Waals surface area (Å²) in [6.07, 6.45) is 0. The van der Waals surface area contributed by atoms with Gasteiger partial charge in [-0.05, 0) is 38.5 Å². The Balaban J connectivity index is 2.78. The number of benzene rings is 1.